The van der Waals surface area contributed by atoms with E-state index in [0.29, 0.717) is 6.42 Å². The number of hydrogen-bond donors (Lipinski definition) is 6. The van der Waals surface area contributed by atoms with Crippen LogP contribution in [0, 0.1) is 11.8 Å². The minimum Gasteiger partial charge on any atom is -0.508 e. The van der Waals surface area contributed by atoms with Gasteiger partial charge in [-0.05, 0) is 42.4 Å². The molecule has 33 heavy (non-hydrogen) atoms. The van der Waals surface area contributed by atoms with E-state index in [2.05, 4.69) is 16.0 Å². The number of aliphatic carboxylic acids is 1. The summed E-state index contributed by atoms with van der Waals surface area (Å²) in [5.74, 6) is -2.91. The first kappa shape index (κ1) is 27.9. The van der Waals surface area contributed by atoms with Crippen molar-refractivity contribution in [3.8, 4) is 5.75 Å². The minimum absolute atomic E-state index is 0.0665. The monoisotopic (exact) mass is 464 g/mol. The Morgan fingerprint density at radius 1 is 1.00 bits per heavy atom. The maximum absolute atomic E-state index is 12.7. The van der Waals surface area contributed by atoms with E-state index < -0.39 is 48.4 Å². The van der Waals surface area contributed by atoms with Gasteiger partial charge < -0.3 is 31.9 Å². The number of nitrogens with one attached hydrogen (secondary N) is 3. The van der Waals surface area contributed by atoms with Crippen LogP contribution in [0.25, 0.3) is 0 Å². The van der Waals surface area contributed by atoms with Crippen LogP contribution in [0.2, 0.25) is 0 Å². The van der Waals surface area contributed by atoms with Gasteiger partial charge in [0.05, 0.1) is 12.6 Å². The largest absolute Gasteiger partial charge is 0.508 e. The molecule has 1 aromatic carbocycles. The van der Waals surface area contributed by atoms with E-state index >= 15 is 0 Å². The number of amides is 3. The molecule has 0 bridgehead atoms. The molecule has 4 atom stereocenters. The number of carbonyl (C=O) groups excluding carboxylic acids is 3. The highest BCUT2D eigenvalue weighted by Crippen LogP contribution is 2.12. The summed E-state index contributed by atoms with van der Waals surface area (Å²) in [4.78, 5) is 48.8. The maximum Gasteiger partial charge on any atom is 0.326 e. The number of phenols is 1. The smallest absolute Gasteiger partial charge is 0.326 e. The quantitative estimate of drug-likeness (QED) is 0.247. The van der Waals surface area contributed by atoms with E-state index in [0.717, 1.165) is 5.56 Å². The van der Waals surface area contributed by atoms with Crippen LogP contribution in [0.4, 0.5) is 0 Å². The summed E-state index contributed by atoms with van der Waals surface area (Å²) < 4.78 is 0. The second kappa shape index (κ2) is 13.4. The Hall–Kier alpha value is -3.14. The number of carboxylic acid groups (broad SMARTS) is 1. The van der Waals surface area contributed by atoms with E-state index in [1.807, 2.05) is 20.8 Å². The summed E-state index contributed by atoms with van der Waals surface area (Å²) in [6.07, 6.45) is 1.07. The molecule has 0 fully saturated rings. The van der Waals surface area contributed by atoms with Crippen LogP contribution < -0.4 is 21.7 Å². The first-order valence-corrected chi connectivity index (χ1v) is 11.1. The molecule has 184 valence electrons. The molecule has 10 nitrogen and oxygen atoms in total. The third-order valence-corrected chi connectivity index (χ3v) is 5.29. The highest BCUT2D eigenvalue weighted by molar-refractivity contribution is 5.92. The van der Waals surface area contributed by atoms with Gasteiger partial charge in [-0.1, -0.05) is 46.2 Å². The summed E-state index contributed by atoms with van der Waals surface area (Å²) in [6.45, 7) is 6.93. The van der Waals surface area contributed by atoms with Crippen molar-refractivity contribution < 1.29 is 29.4 Å². The molecule has 7 N–H and O–H groups in total. The number of carboxylic acids is 1. The summed E-state index contributed by atoms with van der Waals surface area (Å²) >= 11 is 0. The second-order valence-corrected chi connectivity index (χ2v) is 8.65. The number of benzene rings is 1. The van der Waals surface area contributed by atoms with Gasteiger partial charge in [0.1, 0.15) is 17.8 Å². The van der Waals surface area contributed by atoms with E-state index in [9.17, 15) is 29.4 Å². The number of hydrogen-bond acceptors (Lipinski definition) is 6. The van der Waals surface area contributed by atoms with E-state index in [1.165, 1.54) is 12.1 Å². The molecule has 0 aliphatic carbocycles. The van der Waals surface area contributed by atoms with Crippen molar-refractivity contribution in [2.24, 2.45) is 17.6 Å². The molecule has 0 heterocycles. The lowest BCUT2D eigenvalue weighted by Gasteiger charge is -2.25. The Kier molecular flexibility index (Phi) is 11.3. The summed E-state index contributed by atoms with van der Waals surface area (Å²) in [7, 11) is 0. The molecule has 0 saturated carbocycles. The minimum atomic E-state index is -1.14. The molecule has 1 rings (SSSR count). The Morgan fingerprint density at radius 2 is 1.61 bits per heavy atom. The van der Waals surface area contributed by atoms with Gasteiger partial charge >= 0.3 is 5.97 Å². The fraction of sp³-hybridized carbons (Fsp3) is 0.565. The SMILES string of the molecule is CCC(C)C(NC(=O)C(N)Cc1ccc(O)cc1)C(=O)NCC(=O)NC(CC(C)C)C(=O)O. The maximum atomic E-state index is 12.7. The average molecular weight is 465 g/mol. The Balaban J connectivity index is 2.70. The molecule has 0 aromatic heterocycles. The molecule has 0 aliphatic rings. The lowest BCUT2D eigenvalue weighted by atomic mass is 9.97. The third-order valence-electron chi connectivity index (χ3n) is 5.29. The van der Waals surface area contributed by atoms with Crippen molar-refractivity contribution in [3.05, 3.63) is 29.8 Å². The number of rotatable bonds is 13. The van der Waals surface area contributed by atoms with E-state index in [-0.39, 0.29) is 30.4 Å². The number of aromatic hydroxyl groups is 1. The fourth-order valence-corrected chi connectivity index (χ4v) is 3.16. The zero-order valence-electron chi connectivity index (χ0n) is 19.6. The van der Waals surface area contributed by atoms with Crippen molar-refractivity contribution in [2.45, 2.75) is 65.1 Å². The molecule has 0 saturated heterocycles. The van der Waals surface area contributed by atoms with Crippen molar-refractivity contribution in [1.82, 2.24) is 16.0 Å². The standard InChI is InChI=1S/C23H36N4O6/c1-5-14(4)20(27-21(30)17(24)11-15-6-8-16(28)9-7-15)22(31)25-12-19(29)26-18(23(32)33)10-13(2)3/h6-9,13-14,17-18,20,28H,5,10-12,24H2,1-4H3,(H,25,31)(H,26,29)(H,27,30)(H,32,33). The third kappa shape index (κ3) is 9.90. The molecule has 3 amide bonds. The first-order chi connectivity index (χ1) is 15.4. The van der Waals surface area contributed by atoms with Gasteiger partial charge in [-0.3, -0.25) is 14.4 Å². The van der Waals surface area contributed by atoms with Crippen LogP contribution in [-0.2, 0) is 25.6 Å². The van der Waals surface area contributed by atoms with Gasteiger partial charge in [0.2, 0.25) is 17.7 Å². The zero-order chi connectivity index (χ0) is 25.1. The molecule has 0 spiro atoms. The fourth-order valence-electron chi connectivity index (χ4n) is 3.16. The van der Waals surface area contributed by atoms with Gasteiger partial charge in [0, 0.05) is 0 Å². The molecule has 10 heteroatoms. The lowest BCUT2D eigenvalue weighted by Crippen LogP contribution is -2.56. The molecule has 0 aliphatic heterocycles. The van der Waals surface area contributed by atoms with E-state index in [1.54, 1.807) is 19.1 Å². The molecular formula is C23H36N4O6. The van der Waals surface area contributed by atoms with Crippen molar-refractivity contribution >= 4 is 23.7 Å². The normalized spacial score (nSPS) is 14.6. The van der Waals surface area contributed by atoms with Gasteiger partial charge in [0.15, 0.2) is 0 Å². The summed E-state index contributed by atoms with van der Waals surface area (Å²) in [6, 6.07) is 3.44. The number of carbonyl (C=O) groups is 4. The molecular weight excluding hydrogens is 428 g/mol. The van der Waals surface area contributed by atoms with Crippen LogP contribution in [-0.4, -0.2) is 58.6 Å². The van der Waals surface area contributed by atoms with Crippen LogP contribution in [0.5, 0.6) is 5.75 Å². The van der Waals surface area contributed by atoms with Crippen molar-refractivity contribution in [2.75, 3.05) is 6.54 Å². The Morgan fingerprint density at radius 3 is 2.12 bits per heavy atom. The van der Waals surface area contributed by atoms with Crippen LogP contribution >= 0.6 is 0 Å². The zero-order valence-corrected chi connectivity index (χ0v) is 19.6. The van der Waals surface area contributed by atoms with Gasteiger partial charge in [-0.25, -0.2) is 4.79 Å². The topological polar surface area (TPSA) is 171 Å². The van der Waals surface area contributed by atoms with Crippen LogP contribution in [0.1, 0.15) is 46.1 Å². The number of phenolic OH excluding ortho intramolecular Hbond substituents is 1. The molecule has 0 radical (unpaired) electrons. The van der Waals surface area contributed by atoms with Crippen molar-refractivity contribution in [3.63, 3.8) is 0 Å². The summed E-state index contributed by atoms with van der Waals surface area (Å²) in [5, 5.41) is 26.1. The highest BCUT2D eigenvalue weighted by Gasteiger charge is 2.29. The lowest BCUT2D eigenvalue weighted by molar-refractivity contribution is -0.142. The van der Waals surface area contributed by atoms with E-state index in [4.69, 9.17) is 5.73 Å². The predicted octanol–water partition coefficient (Wildman–Crippen LogP) is 0.525. The van der Waals surface area contributed by atoms with Crippen LogP contribution in [0.3, 0.4) is 0 Å². The Labute approximate surface area is 194 Å². The number of nitrogens with two attached hydrogens (primary N) is 1. The highest BCUT2D eigenvalue weighted by atomic mass is 16.4. The van der Waals surface area contributed by atoms with Crippen molar-refractivity contribution in [1.29, 1.82) is 0 Å². The molecule has 1 aromatic rings. The average Bonchev–Trinajstić information content (AvgIpc) is 2.75. The van der Waals surface area contributed by atoms with Gasteiger partial charge in [0.25, 0.3) is 0 Å². The predicted molar refractivity (Wildman–Crippen MR) is 123 cm³/mol. The Bertz CT molecular complexity index is 812. The van der Waals surface area contributed by atoms with Crippen LogP contribution in [0.15, 0.2) is 24.3 Å². The first-order valence-electron chi connectivity index (χ1n) is 11.1. The molecule has 4 unspecified atom stereocenters. The van der Waals surface area contributed by atoms with Gasteiger partial charge in [-0.15, -0.1) is 0 Å². The van der Waals surface area contributed by atoms with Gasteiger partial charge in [-0.2, -0.15) is 0 Å². The second-order valence-electron chi connectivity index (χ2n) is 8.65. The summed E-state index contributed by atoms with van der Waals surface area (Å²) in [5.41, 5.74) is 6.75.